The van der Waals surface area contributed by atoms with Crippen LogP contribution in [0.2, 0.25) is 0 Å². The second-order valence-electron chi connectivity index (χ2n) is 16.1. The third-order valence-corrected chi connectivity index (χ3v) is 12.1. The molecule has 17 nitrogen and oxygen atoms in total. The molecule has 5 saturated heterocycles. The number of carbonyl (C=O) groups excluding carboxylic acids is 4. The van der Waals surface area contributed by atoms with E-state index in [2.05, 4.69) is 58.0 Å². The van der Waals surface area contributed by atoms with E-state index in [1.165, 1.54) is 6.07 Å². The van der Waals surface area contributed by atoms with E-state index in [1.54, 1.807) is 24.1 Å². The lowest BCUT2D eigenvalue weighted by Crippen LogP contribution is -2.49. The van der Waals surface area contributed by atoms with E-state index in [9.17, 15) is 19.2 Å². The summed E-state index contributed by atoms with van der Waals surface area (Å²) in [5.41, 5.74) is 9.52. The van der Waals surface area contributed by atoms with Gasteiger partial charge in [0.1, 0.15) is 11.9 Å². The normalized spacial score (nSPS) is 23.1. The van der Waals surface area contributed by atoms with Crippen LogP contribution in [0.3, 0.4) is 0 Å². The summed E-state index contributed by atoms with van der Waals surface area (Å²) in [4.78, 5) is 65.8. The zero-order valence-corrected chi connectivity index (χ0v) is 33.1. The van der Waals surface area contributed by atoms with E-state index >= 15 is 4.39 Å². The van der Waals surface area contributed by atoms with Crippen molar-refractivity contribution in [3.8, 4) is 0 Å². The first-order valence-corrected chi connectivity index (χ1v) is 20.3. The predicted molar refractivity (Wildman–Crippen MR) is 218 cm³/mol. The number of nitrogens with one attached hydrogen (secondary N) is 3. The number of rotatable bonds is 11. The summed E-state index contributed by atoms with van der Waals surface area (Å²) < 4.78 is 15.7. The molecule has 3 unspecified atom stereocenters. The van der Waals surface area contributed by atoms with E-state index in [0.29, 0.717) is 75.4 Å². The van der Waals surface area contributed by atoms with Gasteiger partial charge in [-0.3, -0.25) is 24.6 Å². The number of anilines is 6. The first-order chi connectivity index (χ1) is 28.0. The number of amides is 5. The number of primary amides is 1. The molecule has 1 aromatic heterocycles. The third kappa shape index (κ3) is 8.42. The van der Waals surface area contributed by atoms with E-state index in [0.717, 1.165) is 68.9 Å². The van der Waals surface area contributed by atoms with Gasteiger partial charge in [0, 0.05) is 103 Å². The summed E-state index contributed by atoms with van der Waals surface area (Å²) in [5, 5.41) is 17.1. The highest BCUT2D eigenvalue weighted by Gasteiger charge is 2.35. The lowest BCUT2D eigenvalue weighted by molar-refractivity contribution is -0.133. The smallest absolute Gasteiger partial charge is 0.320 e. The average Bonchev–Trinajstić information content (AvgIpc) is 3.82. The number of benzene rings is 2. The molecule has 8 rings (SSSR count). The van der Waals surface area contributed by atoms with E-state index < -0.39 is 11.9 Å². The maximum atomic E-state index is 15.7. The van der Waals surface area contributed by atoms with E-state index in [-0.39, 0.29) is 41.2 Å². The summed E-state index contributed by atoms with van der Waals surface area (Å²) in [6, 6.07) is 10.8. The lowest BCUT2D eigenvalue weighted by Gasteiger charge is -2.37. The molecule has 0 bridgehead atoms. The first kappa shape index (κ1) is 39.1. The fourth-order valence-electron chi connectivity index (χ4n) is 8.86. The Morgan fingerprint density at radius 3 is 2.47 bits per heavy atom. The number of piperidine rings is 2. The van der Waals surface area contributed by atoms with Gasteiger partial charge < -0.3 is 40.9 Å². The van der Waals surface area contributed by atoms with Crippen molar-refractivity contribution in [2.75, 3.05) is 104 Å². The Hall–Kier alpha value is -5.78. The van der Waals surface area contributed by atoms with Crippen LogP contribution in [0, 0.1) is 18.7 Å². The van der Waals surface area contributed by atoms with Gasteiger partial charge >= 0.3 is 6.03 Å². The minimum Gasteiger partial charge on any atom is -0.373 e. The molecule has 5 N–H and O–H groups in total. The zero-order chi connectivity index (χ0) is 40.5. The number of imide groups is 1. The predicted octanol–water partition coefficient (Wildman–Crippen LogP) is 2.36. The Balaban J connectivity index is 0.836. The molecule has 0 radical (unpaired) electrons. The van der Waals surface area contributed by atoms with Crippen LogP contribution in [0.15, 0.2) is 36.4 Å². The Labute approximate surface area is 337 Å². The van der Waals surface area contributed by atoms with E-state index in [4.69, 9.17) is 5.73 Å². The van der Waals surface area contributed by atoms with Gasteiger partial charge in [0.15, 0.2) is 11.5 Å². The molecule has 18 heteroatoms. The van der Waals surface area contributed by atoms with Gasteiger partial charge in [-0.15, -0.1) is 10.2 Å². The number of urea groups is 1. The number of likely N-dealkylation sites (N-methyl/N-ethyl adjacent to an activating group) is 1. The first-order valence-electron chi connectivity index (χ1n) is 20.3. The second-order valence-corrected chi connectivity index (χ2v) is 16.1. The number of carbonyl (C=O) groups is 4. The molecule has 0 spiro atoms. The lowest BCUT2D eigenvalue weighted by atomic mass is 10.0. The fraction of sp³-hybridized carbons (Fsp3) is 0.525. The van der Waals surface area contributed by atoms with Crippen LogP contribution in [0.5, 0.6) is 0 Å². The van der Waals surface area contributed by atoms with Crippen molar-refractivity contribution in [2.24, 2.45) is 11.7 Å². The molecule has 3 atom stereocenters. The molecule has 5 fully saturated rings. The number of nitrogens with two attached hydrogens (primary N) is 1. The van der Waals surface area contributed by atoms with Crippen molar-refractivity contribution in [1.29, 1.82) is 0 Å². The maximum Gasteiger partial charge on any atom is 0.320 e. The van der Waals surface area contributed by atoms with Gasteiger partial charge in [0.05, 0.1) is 11.7 Å². The summed E-state index contributed by atoms with van der Waals surface area (Å²) in [5.74, 6) is -0.771. The number of aromatic nitrogens is 3. The fourth-order valence-corrected chi connectivity index (χ4v) is 8.86. The monoisotopic (exact) mass is 797 g/mol. The molecular formula is C40H52FN13O4. The number of aryl methyl sites for hydroxylation is 1. The number of nitrogens with zero attached hydrogens (tertiary/aromatic N) is 9. The van der Waals surface area contributed by atoms with Crippen LogP contribution in [0.1, 0.15) is 48.2 Å². The molecule has 5 amide bonds. The number of hydrogen-bond acceptors (Lipinski definition) is 13. The van der Waals surface area contributed by atoms with Crippen molar-refractivity contribution in [1.82, 2.24) is 35.2 Å². The van der Waals surface area contributed by atoms with E-state index in [1.807, 2.05) is 22.8 Å². The highest BCUT2D eigenvalue weighted by atomic mass is 19.1. The number of hydrogen-bond donors (Lipinski definition) is 4. The maximum absolute atomic E-state index is 15.7. The Morgan fingerprint density at radius 1 is 0.914 bits per heavy atom. The molecule has 3 aromatic rings. The van der Waals surface area contributed by atoms with Gasteiger partial charge in [-0.05, 0) is 80.5 Å². The van der Waals surface area contributed by atoms with Crippen molar-refractivity contribution in [2.45, 2.75) is 51.1 Å². The molecule has 5 aliphatic heterocycles. The number of piperazine rings is 1. The van der Waals surface area contributed by atoms with Gasteiger partial charge in [-0.25, -0.2) is 9.18 Å². The second kappa shape index (κ2) is 16.6. The zero-order valence-electron chi connectivity index (χ0n) is 33.1. The molecule has 0 saturated carbocycles. The average molecular weight is 798 g/mol. The van der Waals surface area contributed by atoms with Crippen molar-refractivity contribution < 1.29 is 23.6 Å². The van der Waals surface area contributed by atoms with Gasteiger partial charge in [-0.1, -0.05) is 0 Å². The summed E-state index contributed by atoms with van der Waals surface area (Å²) in [6.07, 6.45) is 3.63. The van der Waals surface area contributed by atoms with Crippen LogP contribution < -0.4 is 36.4 Å². The highest BCUT2D eigenvalue weighted by Crippen LogP contribution is 2.31. The Kier molecular flexibility index (Phi) is 11.2. The number of halogens is 1. The highest BCUT2D eigenvalue weighted by molar-refractivity contribution is 6.01. The van der Waals surface area contributed by atoms with Crippen LogP contribution >= 0.6 is 0 Å². The minimum absolute atomic E-state index is 0.0113. The van der Waals surface area contributed by atoms with Gasteiger partial charge in [0.25, 0.3) is 5.91 Å². The third-order valence-electron chi connectivity index (χ3n) is 12.1. The molecule has 308 valence electrons. The van der Waals surface area contributed by atoms with Crippen LogP contribution in [-0.4, -0.2) is 145 Å². The van der Waals surface area contributed by atoms with Gasteiger partial charge in [-0.2, -0.15) is 4.98 Å². The van der Waals surface area contributed by atoms with Crippen molar-refractivity contribution in [3.05, 3.63) is 53.5 Å². The molecule has 6 heterocycles. The molecule has 0 aliphatic carbocycles. The topological polar surface area (TPSA) is 188 Å². The minimum atomic E-state index is -0.804. The summed E-state index contributed by atoms with van der Waals surface area (Å²) in [7, 11) is 1.80. The Bertz CT molecular complexity index is 2060. The molecular weight excluding hydrogens is 746 g/mol. The quantitative estimate of drug-likeness (QED) is 0.207. The largest absolute Gasteiger partial charge is 0.373 e. The van der Waals surface area contributed by atoms with Crippen LogP contribution in [0.4, 0.5) is 43.7 Å². The molecule has 58 heavy (non-hydrogen) atoms. The Morgan fingerprint density at radius 2 is 1.74 bits per heavy atom. The van der Waals surface area contributed by atoms with Crippen molar-refractivity contribution in [3.63, 3.8) is 0 Å². The molecule has 2 aromatic carbocycles. The standard InChI is InChI=1S/C40H52FN13O4/c1-25-20-28(6-7-31(25)44-32-8-10-34(55)45-38(32)57)52-13-11-26(23-52)22-50-15-17-51(18-16-50)33-9-5-27(21-30(33)41)43-37-35(36(42)56)47-48-39(46-37)53-12-3-4-29(24-53)54-19-14-49(2)40(54)58/h5-7,9,20-21,26,29,32,44H,3-4,8,10-19,22-24H2,1-2H3,(H2,42,56)(H,43,46,48)(H,45,55,57). The van der Waals surface area contributed by atoms with Crippen LogP contribution in [0.25, 0.3) is 0 Å². The SMILES string of the molecule is Cc1cc(N2CCC(CN3CCN(c4ccc(Nc5nc(N6CCCC(N7CCN(C)C7=O)C6)nnc5C(N)=O)cc4F)CC3)C2)ccc1NC1CCC(=O)NC1=O. The summed E-state index contributed by atoms with van der Waals surface area (Å²) >= 11 is 0. The van der Waals surface area contributed by atoms with Crippen molar-refractivity contribution >= 4 is 58.3 Å². The summed E-state index contributed by atoms with van der Waals surface area (Å²) in [6.45, 7) is 10.6. The molecule has 5 aliphatic rings. The van der Waals surface area contributed by atoms with Crippen LogP contribution in [-0.2, 0) is 9.59 Å². The van der Waals surface area contributed by atoms with Gasteiger partial charge in [0.2, 0.25) is 17.8 Å².